The summed E-state index contributed by atoms with van der Waals surface area (Å²) >= 11 is 0. The van der Waals surface area contributed by atoms with E-state index in [9.17, 15) is 19.5 Å². The van der Waals surface area contributed by atoms with Crippen LogP contribution in [0.25, 0.3) is 11.1 Å². The molecular weight excluding hydrogens is 420 g/mol. The monoisotopic (exact) mass is 448 g/mol. The van der Waals surface area contributed by atoms with Gasteiger partial charge in [0.25, 0.3) is 0 Å². The number of carboxylic acids is 1. The minimum atomic E-state index is -1.17. The molecule has 172 valence electrons. The second kappa shape index (κ2) is 8.89. The van der Waals surface area contributed by atoms with Gasteiger partial charge in [-0.25, -0.2) is 4.79 Å². The molecule has 2 aromatic rings. The third-order valence-corrected chi connectivity index (χ3v) is 7.50. The van der Waals surface area contributed by atoms with E-state index in [0.29, 0.717) is 11.8 Å². The molecule has 4 atom stereocenters. The molecule has 2 aromatic carbocycles. The zero-order chi connectivity index (χ0) is 22.9. The summed E-state index contributed by atoms with van der Waals surface area (Å²) in [5.74, 6) is -0.563. The highest BCUT2D eigenvalue weighted by atomic mass is 16.5. The predicted molar refractivity (Wildman–Crippen MR) is 122 cm³/mol. The van der Waals surface area contributed by atoms with Gasteiger partial charge in [0, 0.05) is 12.0 Å². The van der Waals surface area contributed by atoms with Gasteiger partial charge in [0.15, 0.2) is 0 Å². The van der Waals surface area contributed by atoms with Crippen LogP contribution in [0.15, 0.2) is 48.5 Å². The molecule has 5 rings (SSSR count). The summed E-state index contributed by atoms with van der Waals surface area (Å²) in [7, 11) is 0. The zero-order valence-electron chi connectivity index (χ0n) is 18.3. The Morgan fingerprint density at radius 2 is 1.58 bits per heavy atom. The maximum absolute atomic E-state index is 12.8. The standard InChI is InChI=1S/C26H28N2O5/c29-24(30)13-23(25(31)27-22-12-10-15-9-11-16(15)22)28-26(32)33-14-21-19-7-3-1-5-17(19)18-6-2-4-8-20(18)21/h1-8,15-16,21-23H,9-14H2,(H,27,31)(H,28,32)(H,29,30). The van der Waals surface area contributed by atoms with Gasteiger partial charge in [-0.15, -0.1) is 0 Å². The van der Waals surface area contributed by atoms with Crippen LogP contribution in [-0.4, -0.2) is 41.8 Å². The SMILES string of the molecule is O=C(O)CC(NC(=O)OCC1c2ccccc2-c2ccccc21)C(=O)NC1CCC2CCC21. The van der Waals surface area contributed by atoms with Crippen LogP contribution in [0, 0.1) is 11.8 Å². The Morgan fingerprint density at radius 3 is 2.15 bits per heavy atom. The van der Waals surface area contributed by atoms with Gasteiger partial charge in [-0.2, -0.15) is 0 Å². The van der Waals surface area contributed by atoms with Crippen molar-refractivity contribution in [3.05, 3.63) is 59.7 Å². The Labute approximate surface area is 192 Å². The highest BCUT2D eigenvalue weighted by Gasteiger charge is 2.43. The van der Waals surface area contributed by atoms with Crippen LogP contribution >= 0.6 is 0 Å². The molecule has 2 amide bonds. The Kier molecular flexibility index (Phi) is 5.79. The van der Waals surface area contributed by atoms with E-state index < -0.39 is 30.4 Å². The number of carbonyl (C=O) groups is 3. The summed E-state index contributed by atoms with van der Waals surface area (Å²) in [5, 5.41) is 14.7. The first kappa shape index (κ1) is 21.5. The van der Waals surface area contributed by atoms with E-state index >= 15 is 0 Å². The van der Waals surface area contributed by atoms with Crippen LogP contribution < -0.4 is 10.6 Å². The Morgan fingerprint density at radius 1 is 0.939 bits per heavy atom. The van der Waals surface area contributed by atoms with Crippen LogP contribution in [0.2, 0.25) is 0 Å². The van der Waals surface area contributed by atoms with E-state index in [-0.39, 0.29) is 18.6 Å². The van der Waals surface area contributed by atoms with Crippen molar-refractivity contribution in [2.24, 2.45) is 11.8 Å². The third-order valence-electron chi connectivity index (χ3n) is 7.50. The number of aliphatic carboxylic acids is 1. The molecule has 3 aliphatic carbocycles. The molecule has 0 heterocycles. The van der Waals surface area contributed by atoms with Crippen LogP contribution in [0.5, 0.6) is 0 Å². The molecule has 4 unspecified atom stereocenters. The number of hydrogen-bond donors (Lipinski definition) is 3. The topological polar surface area (TPSA) is 105 Å². The second-order valence-electron chi connectivity index (χ2n) is 9.31. The smallest absolute Gasteiger partial charge is 0.407 e. The van der Waals surface area contributed by atoms with Crippen molar-refractivity contribution in [1.29, 1.82) is 0 Å². The van der Waals surface area contributed by atoms with Crippen molar-refractivity contribution >= 4 is 18.0 Å². The van der Waals surface area contributed by atoms with Crippen LogP contribution in [0.1, 0.15) is 49.1 Å². The third kappa shape index (κ3) is 4.19. The number of carbonyl (C=O) groups excluding carboxylic acids is 2. The van der Waals surface area contributed by atoms with E-state index in [1.807, 2.05) is 36.4 Å². The Hall–Kier alpha value is -3.35. The fourth-order valence-electron chi connectivity index (χ4n) is 5.72. The van der Waals surface area contributed by atoms with Gasteiger partial charge in [0.1, 0.15) is 12.6 Å². The molecule has 2 fully saturated rings. The van der Waals surface area contributed by atoms with Gasteiger partial charge in [-0.3, -0.25) is 9.59 Å². The first-order chi connectivity index (χ1) is 16.0. The quantitative estimate of drug-likeness (QED) is 0.599. The number of carboxylic acid groups (broad SMARTS) is 1. The highest BCUT2D eigenvalue weighted by Crippen LogP contribution is 2.47. The zero-order valence-corrected chi connectivity index (χ0v) is 18.3. The minimum Gasteiger partial charge on any atom is -0.481 e. The minimum absolute atomic E-state index is 0.0665. The Balaban J connectivity index is 1.22. The number of alkyl carbamates (subject to hydrolysis) is 1. The molecule has 3 aliphatic rings. The van der Waals surface area contributed by atoms with Crippen molar-refractivity contribution < 1.29 is 24.2 Å². The molecule has 0 spiro atoms. The Bertz CT molecular complexity index is 1040. The molecule has 0 bridgehead atoms. The lowest BCUT2D eigenvalue weighted by atomic mass is 9.75. The second-order valence-corrected chi connectivity index (χ2v) is 9.31. The summed E-state index contributed by atoms with van der Waals surface area (Å²) < 4.78 is 5.50. The predicted octanol–water partition coefficient (Wildman–Crippen LogP) is 3.67. The molecule has 33 heavy (non-hydrogen) atoms. The van der Waals surface area contributed by atoms with Crippen LogP contribution in [0.3, 0.4) is 0 Å². The highest BCUT2D eigenvalue weighted by molar-refractivity contribution is 5.89. The lowest BCUT2D eigenvalue weighted by molar-refractivity contribution is -0.140. The van der Waals surface area contributed by atoms with Crippen molar-refractivity contribution in [3.8, 4) is 11.1 Å². The number of hydrogen-bond acceptors (Lipinski definition) is 4. The maximum Gasteiger partial charge on any atom is 0.407 e. The summed E-state index contributed by atoms with van der Waals surface area (Å²) in [5.41, 5.74) is 4.41. The van der Waals surface area contributed by atoms with E-state index in [1.54, 1.807) is 0 Å². The number of amides is 2. The summed E-state index contributed by atoms with van der Waals surface area (Å²) in [6.07, 6.45) is 3.03. The summed E-state index contributed by atoms with van der Waals surface area (Å²) in [6, 6.07) is 14.9. The summed E-state index contributed by atoms with van der Waals surface area (Å²) in [6.45, 7) is 0.105. The van der Waals surface area contributed by atoms with Gasteiger partial charge < -0.3 is 20.5 Å². The largest absolute Gasteiger partial charge is 0.481 e. The first-order valence-electron chi connectivity index (χ1n) is 11.6. The maximum atomic E-state index is 12.8. The number of rotatable bonds is 7. The molecule has 0 radical (unpaired) electrons. The van der Waals surface area contributed by atoms with Crippen LogP contribution in [-0.2, 0) is 14.3 Å². The van der Waals surface area contributed by atoms with Gasteiger partial charge in [-0.1, -0.05) is 48.5 Å². The molecule has 0 saturated heterocycles. The summed E-state index contributed by atoms with van der Waals surface area (Å²) in [4.78, 5) is 36.7. The van der Waals surface area contributed by atoms with E-state index in [1.165, 1.54) is 6.42 Å². The van der Waals surface area contributed by atoms with Crippen molar-refractivity contribution in [2.75, 3.05) is 6.61 Å². The fourth-order valence-corrected chi connectivity index (χ4v) is 5.72. The van der Waals surface area contributed by atoms with Gasteiger partial charge in [-0.05, 0) is 59.8 Å². The molecule has 7 nitrogen and oxygen atoms in total. The van der Waals surface area contributed by atoms with Crippen molar-refractivity contribution in [2.45, 2.75) is 50.1 Å². The molecule has 0 aliphatic heterocycles. The average molecular weight is 449 g/mol. The van der Waals surface area contributed by atoms with E-state index in [2.05, 4.69) is 22.8 Å². The number of fused-ring (bicyclic) bond motifs is 4. The molecule has 3 N–H and O–H groups in total. The molecule has 7 heteroatoms. The molecular formula is C26H28N2O5. The van der Waals surface area contributed by atoms with Gasteiger partial charge in [0.05, 0.1) is 6.42 Å². The first-order valence-corrected chi connectivity index (χ1v) is 11.6. The van der Waals surface area contributed by atoms with Gasteiger partial charge in [0.2, 0.25) is 5.91 Å². The number of benzene rings is 2. The van der Waals surface area contributed by atoms with Gasteiger partial charge >= 0.3 is 12.1 Å². The van der Waals surface area contributed by atoms with Crippen LogP contribution in [0.4, 0.5) is 4.79 Å². The van der Waals surface area contributed by atoms with Crippen molar-refractivity contribution in [3.63, 3.8) is 0 Å². The molecule has 2 saturated carbocycles. The fraction of sp³-hybridized carbons (Fsp3) is 0.423. The average Bonchev–Trinajstić information content (AvgIpc) is 3.24. The molecule has 0 aromatic heterocycles. The lowest BCUT2D eigenvalue weighted by Gasteiger charge is -2.34. The normalized spacial score (nSPS) is 23.5. The number of nitrogens with one attached hydrogen (secondary N) is 2. The van der Waals surface area contributed by atoms with E-state index in [0.717, 1.165) is 41.5 Å². The lowest BCUT2D eigenvalue weighted by Crippen LogP contribution is -2.52. The number of ether oxygens (including phenoxy) is 1. The van der Waals surface area contributed by atoms with Crippen molar-refractivity contribution in [1.82, 2.24) is 10.6 Å². The van der Waals surface area contributed by atoms with E-state index in [4.69, 9.17) is 4.74 Å².